The number of hydrogen-bond donors (Lipinski definition) is 3. The molecule has 3 saturated carbocycles. The Balaban J connectivity index is 1.98. The molecular weight excluding hydrogens is 194 g/mol. The molecule has 0 saturated heterocycles. The van der Waals surface area contributed by atoms with E-state index < -0.39 is 12.2 Å². The number of aliphatic hydroxyl groups excluding tert-OH is 2. The second-order valence-corrected chi connectivity index (χ2v) is 5.39. The molecule has 3 N–H and O–H groups in total. The van der Waals surface area contributed by atoms with Gasteiger partial charge < -0.3 is 15.4 Å². The molecule has 0 aromatic rings. The highest BCUT2D eigenvalue weighted by atomic mass is 16.4. The van der Waals surface area contributed by atoms with Gasteiger partial charge in [-0.2, -0.15) is 0 Å². The van der Waals surface area contributed by atoms with E-state index in [1.807, 2.05) is 0 Å². The molecule has 3 aliphatic carbocycles. The van der Waals surface area contributed by atoms with Crippen molar-refractivity contribution in [2.75, 3.05) is 0 Å². The molecule has 3 rings (SSSR count). The Hall–Kier alpha value is -0.610. The first kappa shape index (κ1) is 9.60. The van der Waals surface area contributed by atoms with Gasteiger partial charge in [-0.05, 0) is 38.0 Å². The minimum atomic E-state index is -0.638. The summed E-state index contributed by atoms with van der Waals surface area (Å²) in [5, 5.41) is 31.9. The third-order valence-corrected chi connectivity index (χ3v) is 4.81. The lowest BCUT2D eigenvalue weighted by atomic mass is 9.70. The summed E-state index contributed by atoms with van der Waals surface area (Å²) in [5.41, 5.74) is 0.672. The van der Waals surface area contributed by atoms with Crippen molar-refractivity contribution < 1.29 is 15.4 Å². The van der Waals surface area contributed by atoms with Crippen molar-refractivity contribution >= 4 is 5.71 Å². The predicted molar refractivity (Wildman–Crippen MR) is 53.7 cm³/mol. The van der Waals surface area contributed by atoms with Gasteiger partial charge in [0.05, 0.1) is 17.9 Å². The lowest BCUT2D eigenvalue weighted by Crippen LogP contribution is -2.35. The zero-order chi connectivity index (χ0) is 10.6. The molecule has 3 fully saturated rings. The average Bonchev–Trinajstić information content (AvgIpc) is 2.82. The first-order valence-electron chi connectivity index (χ1n) is 5.76. The second-order valence-electron chi connectivity index (χ2n) is 5.39. The van der Waals surface area contributed by atoms with Crippen LogP contribution < -0.4 is 0 Å². The zero-order valence-electron chi connectivity index (χ0n) is 8.63. The first-order chi connectivity index (χ1) is 7.17. The van der Waals surface area contributed by atoms with Crippen molar-refractivity contribution in [2.24, 2.45) is 22.4 Å². The standard InChI is InChI=1S/C11H17NO3/c13-8-4-11(5-9(8)14)7-2-1-6(3-7)10(11)12-15/h6-9,13-15H,1-5H2. The molecule has 4 heteroatoms. The summed E-state index contributed by atoms with van der Waals surface area (Å²) >= 11 is 0. The van der Waals surface area contributed by atoms with E-state index in [-0.39, 0.29) is 5.41 Å². The highest BCUT2D eigenvalue weighted by Crippen LogP contribution is 2.60. The highest BCUT2D eigenvalue weighted by Gasteiger charge is 2.61. The molecule has 2 bridgehead atoms. The van der Waals surface area contributed by atoms with E-state index >= 15 is 0 Å². The van der Waals surface area contributed by atoms with Crippen LogP contribution in [-0.4, -0.2) is 33.3 Å². The fourth-order valence-electron chi connectivity index (χ4n) is 4.17. The van der Waals surface area contributed by atoms with Gasteiger partial charge in [-0.1, -0.05) is 5.16 Å². The van der Waals surface area contributed by atoms with Crippen LogP contribution in [-0.2, 0) is 0 Å². The maximum atomic E-state index is 9.68. The van der Waals surface area contributed by atoms with Gasteiger partial charge >= 0.3 is 0 Å². The smallest absolute Gasteiger partial charge is 0.0808 e. The van der Waals surface area contributed by atoms with Crippen LogP contribution in [0.3, 0.4) is 0 Å². The molecule has 0 radical (unpaired) electrons. The maximum absolute atomic E-state index is 9.68. The molecule has 84 valence electrons. The van der Waals surface area contributed by atoms with Gasteiger partial charge in [0.15, 0.2) is 0 Å². The SMILES string of the molecule is ON=C1C2CCC(C2)C12CC(O)C(O)C2. The Morgan fingerprint density at radius 3 is 2.40 bits per heavy atom. The van der Waals surface area contributed by atoms with Gasteiger partial charge in [0.25, 0.3) is 0 Å². The Morgan fingerprint density at radius 2 is 1.80 bits per heavy atom. The number of aliphatic hydroxyl groups is 2. The van der Waals surface area contributed by atoms with Crippen LogP contribution in [0.4, 0.5) is 0 Å². The molecule has 0 heterocycles. The van der Waals surface area contributed by atoms with Crippen LogP contribution in [0.1, 0.15) is 32.1 Å². The minimum Gasteiger partial charge on any atom is -0.411 e. The summed E-state index contributed by atoms with van der Waals surface area (Å²) in [6.45, 7) is 0. The lowest BCUT2D eigenvalue weighted by molar-refractivity contribution is 0.0438. The molecule has 0 aromatic carbocycles. The molecule has 4 atom stereocenters. The Morgan fingerprint density at radius 1 is 1.13 bits per heavy atom. The Kier molecular flexibility index (Phi) is 1.89. The van der Waals surface area contributed by atoms with Crippen LogP contribution in [0, 0.1) is 17.3 Å². The van der Waals surface area contributed by atoms with Crippen LogP contribution in [0.25, 0.3) is 0 Å². The topological polar surface area (TPSA) is 73.1 Å². The molecule has 3 aliphatic rings. The zero-order valence-corrected chi connectivity index (χ0v) is 8.63. The largest absolute Gasteiger partial charge is 0.411 e. The summed E-state index contributed by atoms with van der Waals surface area (Å²) in [7, 11) is 0. The van der Waals surface area contributed by atoms with Crippen LogP contribution >= 0.6 is 0 Å². The average molecular weight is 211 g/mol. The van der Waals surface area contributed by atoms with Gasteiger partial charge in [-0.25, -0.2) is 0 Å². The molecular formula is C11H17NO3. The van der Waals surface area contributed by atoms with Gasteiger partial charge in [-0.15, -0.1) is 0 Å². The molecule has 1 spiro atoms. The van der Waals surface area contributed by atoms with Crippen molar-refractivity contribution in [3.05, 3.63) is 0 Å². The predicted octanol–water partition coefficient (Wildman–Crippen LogP) is 0.748. The molecule has 4 nitrogen and oxygen atoms in total. The highest BCUT2D eigenvalue weighted by molar-refractivity contribution is 5.95. The van der Waals surface area contributed by atoms with Crippen molar-refractivity contribution in [3.63, 3.8) is 0 Å². The number of rotatable bonds is 0. The van der Waals surface area contributed by atoms with Crippen molar-refractivity contribution in [1.29, 1.82) is 0 Å². The second kappa shape index (κ2) is 2.95. The molecule has 0 aliphatic heterocycles. The fourth-order valence-corrected chi connectivity index (χ4v) is 4.17. The van der Waals surface area contributed by atoms with Crippen molar-refractivity contribution in [1.82, 2.24) is 0 Å². The van der Waals surface area contributed by atoms with Gasteiger partial charge in [0, 0.05) is 11.3 Å². The third-order valence-electron chi connectivity index (χ3n) is 4.81. The summed E-state index contributed by atoms with van der Waals surface area (Å²) < 4.78 is 0. The monoisotopic (exact) mass is 211 g/mol. The number of hydrogen-bond acceptors (Lipinski definition) is 4. The van der Waals surface area contributed by atoms with E-state index in [0.717, 1.165) is 25.0 Å². The Bertz CT molecular complexity index is 305. The number of fused-ring (bicyclic) bond motifs is 3. The van der Waals surface area contributed by atoms with E-state index in [0.29, 0.717) is 24.7 Å². The fraction of sp³-hybridized carbons (Fsp3) is 0.909. The van der Waals surface area contributed by atoms with E-state index in [1.54, 1.807) is 0 Å². The van der Waals surface area contributed by atoms with E-state index in [9.17, 15) is 10.2 Å². The molecule has 0 amide bonds. The van der Waals surface area contributed by atoms with E-state index in [2.05, 4.69) is 5.16 Å². The summed E-state index contributed by atoms with van der Waals surface area (Å²) in [4.78, 5) is 0. The van der Waals surface area contributed by atoms with Crippen LogP contribution in [0.15, 0.2) is 5.16 Å². The van der Waals surface area contributed by atoms with Gasteiger partial charge in [0.1, 0.15) is 0 Å². The lowest BCUT2D eigenvalue weighted by Gasteiger charge is -2.34. The number of nitrogens with zero attached hydrogens (tertiary/aromatic N) is 1. The molecule has 15 heavy (non-hydrogen) atoms. The summed E-state index contributed by atoms with van der Waals surface area (Å²) in [6.07, 6.45) is 3.23. The molecule has 0 aromatic heterocycles. The van der Waals surface area contributed by atoms with E-state index in [1.165, 1.54) is 0 Å². The normalized spacial score (nSPS) is 56.0. The van der Waals surface area contributed by atoms with E-state index in [4.69, 9.17) is 5.21 Å². The third kappa shape index (κ3) is 1.06. The van der Waals surface area contributed by atoms with Crippen molar-refractivity contribution in [3.8, 4) is 0 Å². The summed E-state index contributed by atoms with van der Waals surface area (Å²) in [6, 6.07) is 0. The first-order valence-corrected chi connectivity index (χ1v) is 5.76. The Labute approximate surface area is 88.6 Å². The van der Waals surface area contributed by atoms with Gasteiger partial charge in [-0.3, -0.25) is 0 Å². The molecule has 4 unspecified atom stereocenters. The van der Waals surface area contributed by atoms with Gasteiger partial charge in [0.2, 0.25) is 0 Å². The number of oxime groups is 1. The maximum Gasteiger partial charge on any atom is 0.0808 e. The minimum absolute atomic E-state index is 0.184. The van der Waals surface area contributed by atoms with Crippen molar-refractivity contribution in [2.45, 2.75) is 44.3 Å². The van der Waals surface area contributed by atoms with Crippen LogP contribution in [0.2, 0.25) is 0 Å². The van der Waals surface area contributed by atoms with Crippen LogP contribution in [0.5, 0.6) is 0 Å². The summed E-state index contributed by atoms with van der Waals surface area (Å²) in [5.74, 6) is 0.915. The quantitative estimate of drug-likeness (QED) is 0.409.